The predicted octanol–water partition coefficient (Wildman–Crippen LogP) is 7.27. The number of carbonyl (C=O) groups excluding carboxylic acids is 1. The van der Waals surface area contributed by atoms with Crippen molar-refractivity contribution in [3.05, 3.63) is 47.5 Å². The monoisotopic (exact) mass is 581 g/mol. The first kappa shape index (κ1) is 27.1. The van der Waals surface area contributed by atoms with E-state index >= 15 is 0 Å². The summed E-state index contributed by atoms with van der Waals surface area (Å²) >= 11 is 0. The molecule has 1 amide bonds. The minimum absolute atomic E-state index is 0.0970. The molecule has 43 heavy (non-hydrogen) atoms. The second-order valence-electron chi connectivity index (χ2n) is 13.6. The smallest absolute Gasteiger partial charge is 0.254 e. The predicted molar refractivity (Wildman–Crippen MR) is 170 cm³/mol. The molecule has 2 aromatic heterocycles. The van der Waals surface area contributed by atoms with E-state index in [0.717, 1.165) is 73.4 Å². The number of nitrogens with zero attached hydrogens (tertiary/aromatic N) is 3. The normalized spacial score (nSPS) is 24.1. The molecule has 4 aliphatic rings. The highest BCUT2D eigenvalue weighted by Crippen LogP contribution is 2.45. The summed E-state index contributed by atoms with van der Waals surface area (Å²) < 4.78 is 20.7. The van der Waals surface area contributed by atoms with Gasteiger partial charge in [0.2, 0.25) is 0 Å². The first-order chi connectivity index (χ1) is 20.9. The molecule has 0 radical (unpaired) electrons. The van der Waals surface area contributed by atoms with Crippen molar-refractivity contribution < 1.29 is 18.7 Å². The van der Waals surface area contributed by atoms with Crippen LogP contribution in [0.4, 0.5) is 5.69 Å². The molecule has 4 aromatic rings. The Balaban J connectivity index is 1.19. The van der Waals surface area contributed by atoms with E-state index in [2.05, 4.69) is 52.5 Å². The number of methoxy groups -OCH3 is 2. The summed E-state index contributed by atoms with van der Waals surface area (Å²) in [6.07, 6.45) is 7.39. The SMILES string of the molecule is COc1cc(C(=O)N2CC3CCC2C3C)cc2oc(-c3cc4ccc(N5CCC(OC)CC5)cc4n3CC3CC3)c(C)c12. The summed E-state index contributed by atoms with van der Waals surface area (Å²) in [5, 5.41) is 2.18. The van der Waals surface area contributed by atoms with Gasteiger partial charge in [0.05, 0.1) is 29.8 Å². The Bertz CT molecular complexity index is 1710. The number of hydrogen-bond donors (Lipinski definition) is 0. The zero-order chi connectivity index (χ0) is 29.4. The number of fused-ring (bicyclic) bond motifs is 4. The minimum atomic E-state index is 0.0970. The maximum atomic E-state index is 13.8. The van der Waals surface area contributed by atoms with Crippen LogP contribution in [0.3, 0.4) is 0 Å². The number of anilines is 1. The fourth-order valence-corrected chi connectivity index (χ4v) is 8.31. The molecule has 2 saturated carbocycles. The third-order valence-electron chi connectivity index (χ3n) is 11.1. The van der Waals surface area contributed by atoms with Crippen LogP contribution in [0.5, 0.6) is 5.75 Å². The molecule has 0 N–H and O–H groups in total. The minimum Gasteiger partial charge on any atom is -0.496 e. The molecule has 2 aliphatic heterocycles. The topological polar surface area (TPSA) is 60.1 Å². The molecule has 2 aromatic carbocycles. The van der Waals surface area contributed by atoms with Crippen LogP contribution in [0.15, 0.2) is 40.8 Å². The number of aryl methyl sites for hydroxylation is 1. The van der Waals surface area contributed by atoms with Crippen molar-refractivity contribution in [3.8, 4) is 17.2 Å². The lowest BCUT2D eigenvalue weighted by molar-refractivity contribution is 0.0695. The van der Waals surface area contributed by atoms with Crippen molar-refractivity contribution in [3.63, 3.8) is 0 Å². The van der Waals surface area contributed by atoms with Gasteiger partial charge in [-0.3, -0.25) is 4.79 Å². The van der Waals surface area contributed by atoms with Crippen molar-refractivity contribution >= 4 is 33.5 Å². The van der Waals surface area contributed by atoms with Gasteiger partial charge in [0.15, 0.2) is 5.76 Å². The highest BCUT2D eigenvalue weighted by atomic mass is 16.5. The first-order valence-electron chi connectivity index (χ1n) is 16.3. The Labute approximate surface area is 253 Å². The van der Waals surface area contributed by atoms with E-state index in [9.17, 15) is 4.79 Å². The molecular weight excluding hydrogens is 538 g/mol. The highest BCUT2D eigenvalue weighted by molar-refractivity contribution is 6.02. The Morgan fingerprint density at radius 2 is 1.81 bits per heavy atom. The van der Waals surface area contributed by atoms with Gasteiger partial charge in [0.25, 0.3) is 5.91 Å². The van der Waals surface area contributed by atoms with Gasteiger partial charge in [0.1, 0.15) is 11.3 Å². The molecule has 2 bridgehead atoms. The second-order valence-corrected chi connectivity index (χ2v) is 13.6. The number of likely N-dealkylation sites (tertiary alicyclic amines) is 1. The van der Waals surface area contributed by atoms with E-state index in [-0.39, 0.29) is 5.91 Å². The maximum Gasteiger partial charge on any atom is 0.254 e. The van der Waals surface area contributed by atoms with E-state index < -0.39 is 0 Å². The molecule has 2 aliphatic carbocycles. The van der Waals surface area contributed by atoms with Crippen LogP contribution in [0.1, 0.15) is 61.4 Å². The fourth-order valence-electron chi connectivity index (χ4n) is 8.31. The largest absolute Gasteiger partial charge is 0.496 e. The van der Waals surface area contributed by atoms with Gasteiger partial charge in [0, 0.05) is 61.5 Å². The Morgan fingerprint density at radius 1 is 1.00 bits per heavy atom. The molecule has 0 spiro atoms. The number of amides is 1. The number of rotatable bonds is 7. The first-order valence-corrected chi connectivity index (χ1v) is 16.3. The van der Waals surface area contributed by atoms with E-state index in [1.807, 2.05) is 19.2 Å². The summed E-state index contributed by atoms with van der Waals surface area (Å²) in [4.78, 5) is 18.4. The van der Waals surface area contributed by atoms with E-state index in [4.69, 9.17) is 13.9 Å². The average molecular weight is 582 g/mol. The molecule has 4 fully saturated rings. The van der Waals surface area contributed by atoms with E-state index in [0.29, 0.717) is 41.2 Å². The van der Waals surface area contributed by atoms with Crippen molar-refractivity contribution in [2.75, 3.05) is 38.8 Å². The van der Waals surface area contributed by atoms with Crippen LogP contribution in [0.25, 0.3) is 33.3 Å². The summed E-state index contributed by atoms with van der Waals surface area (Å²) in [7, 11) is 3.51. The van der Waals surface area contributed by atoms with E-state index in [1.54, 1.807) is 7.11 Å². The van der Waals surface area contributed by atoms with Crippen molar-refractivity contribution in [2.45, 2.75) is 71.1 Å². The number of piperidine rings is 2. The molecular formula is C36H43N3O4. The summed E-state index contributed by atoms with van der Waals surface area (Å²) in [5.74, 6) is 3.58. The second kappa shape index (κ2) is 10.3. The van der Waals surface area contributed by atoms with Gasteiger partial charge >= 0.3 is 0 Å². The van der Waals surface area contributed by atoms with Crippen LogP contribution >= 0.6 is 0 Å². The molecule has 226 valence electrons. The van der Waals surface area contributed by atoms with Crippen molar-refractivity contribution in [1.29, 1.82) is 0 Å². The van der Waals surface area contributed by atoms with Crippen LogP contribution < -0.4 is 9.64 Å². The lowest BCUT2D eigenvalue weighted by Gasteiger charge is -2.33. The third-order valence-corrected chi connectivity index (χ3v) is 11.1. The summed E-state index contributed by atoms with van der Waals surface area (Å²) in [5.41, 5.74) is 6.07. The zero-order valence-electron chi connectivity index (χ0n) is 25.9. The van der Waals surface area contributed by atoms with Crippen LogP contribution in [-0.4, -0.2) is 61.4 Å². The Hall–Kier alpha value is -3.45. The van der Waals surface area contributed by atoms with Crippen LogP contribution in [-0.2, 0) is 11.3 Å². The number of benzene rings is 2. The van der Waals surface area contributed by atoms with Crippen molar-refractivity contribution in [1.82, 2.24) is 9.47 Å². The zero-order valence-corrected chi connectivity index (χ0v) is 25.9. The average Bonchev–Trinajstić information content (AvgIpc) is 3.44. The third kappa shape index (κ3) is 4.45. The number of furan rings is 1. The summed E-state index contributed by atoms with van der Waals surface area (Å²) in [6.45, 7) is 8.30. The molecule has 3 atom stereocenters. The van der Waals surface area contributed by atoms with Crippen molar-refractivity contribution in [2.24, 2.45) is 17.8 Å². The Kier molecular flexibility index (Phi) is 6.51. The number of carbonyl (C=O) groups is 1. The van der Waals surface area contributed by atoms with Gasteiger partial charge in [-0.05, 0) is 93.5 Å². The number of aromatic nitrogens is 1. The number of hydrogen-bond acceptors (Lipinski definition) is 5. The fraction of sp³-hybridized carbons (Fsp3) is 0.528. The molecule has 8 rings (SSSR count). The summed E-state index contributed by atoms with van der Waals surface area (Å²) in [6, 6.07) is 13.4. The highest BCUT2D eigenvalue weighted by Gasteiger charge is 2.46. The molecule has 4 heterocycles. The molecule has 3 unspecified atom stereocenters. The molecule has 2 saturated heterocycles. The van der Waals surface area contributed by atoms with Gasteiger partial charge in [-0.2, -0.15) is 0 Å². The quantitative estimate of drug-likeness (QED) is 0.230. The molecule has 7 heteroatoms. The lowest BCUT2D eigenvalue weighted by atomic mass is 10.0. The van der Waals surface area contributed by atoms with E-state index in [1.165, 1.54) is 35.9 Å². The Morgan fingerprint density at radius 3 is 2.49 bits per heavy atom. The standard InChI is InChI=1S/C36H43N3O4/c1-21-25-8-10-29(21)39(20-25)36(40)26-16-32(42-4)34-22(2)35(43-33(34)17-26)31-15-24-7-9-27(37-13-11-28(41-3)12-14-37)18-30(24)38(31)19-23-5-6-23/h7,9,15-18,21,23,25,28-29H,5-6,8,10-14,19-20H2,1-4H3. The van der Waals surface area contributed by atoms with Gasteiger partial charge in [-0.25, -0.2) is 0 Å². The van der Waals surface area contributed by atoms with Gasteiger partial charge in [-0.1, -0.05) is 13.0 Å². The van der Waals surface area contributed by atoms with Crippen LogP contribution in [0.2, 0.25) is 0 Å². The number of ether oxygens (including phenoxy) is 2. The lowest BCUT2D eigenvalue weighted by Crippen LogP contribution is -2.38. The van der Waals surface area contributed by atoms with Gasteiger partial charge in [-0.15, -0.1) is 0 Å². The maximum absolute atomic E-state index is 13.8. The van der Waals surface area contributed by atoms with Gasteiger partial charge < -0.3 is 28.3 Å². The van der Waals surface area contributed by atoms with Crippen LogP contribution in [0, 0.1) is 24.7 Å². The molecule has 7 nitrogen and oxygen atoms in total.